The molecule has 2 saturated heterocycles. The molecule has 4 heteroatoms. The number of ether oxygens (including phenoxy) is 2. The topological polar surface area (TPSA) is 34.8 Å². The lowest BCUT2D eigenvalue weighted by Crippen LogP contribution is -2.47. The molecule has 1 atom stereocenters. The molecule has 1 saturated carbocycles. The third kappa shape index (κ3) is 3.81. The molecule has 23 heavy (non-hydrogen) atoms. The van der Waals surface area contributed by atoms with E-state index in [4.69, 9.17) is 13.9 Å². The highest BCUT2D eigenvalue weighted by molar-refractivity contribution is 5.01. The minimum atomic E-state index is 0.128. The van der Waals surface area contributed by atoms with Crippen molar-refractivity contribution < 1.29 is 13.9 Å². The molecule has 1 aliphatic carbocycles. The summed E-state index contributed by atoms with van der Waals surface area (Å²) < 4.78 is 17.6. The Bertz CT molecular complexity index is 475. The molecule has 1 aromatic heterocycles. The summed E-state index contributed by atoms with van der Waals surface area (Å²) in [6, 6.07) is 4.04. The average molecular weight is 319 g/mol. The van der Waals surface area contributed by atoms with Crippen LogP contribution in [-0.4, -0.2) is 43.4 Å². The molecule has 2 aliphatic heterocycles. The normalized spacial score (nSPS) is 27.7. The van der Waals surface area contributed by atoms with Crippen LogP contribution in [-0.2, 0) is 16.0 Å². The van der Waals surface area contributed by atoms with Crippen molar-refractivity contribution in [3.63, 3.8) is 0 Å². The first kappa shape index (κ1) is 15.7. The molecule has 3 fully saturated rings. The summed E-state index contributed by atoms with van der Waals surface area (Å²) in [5.74, 6) is 2.62. The molecule has 3 heterocycles. The van der Waals surface area contributed by atoms with Crippen LogP contribution in [0.1, 0.15) is 44.3 Å². The molecule has 4 nitrogen and oxygen atoms in total. The van der Waals surface area contributed by atoms with Crippen LogP contribution in [0, 0.1) is 11.8 Å². The molecule has 0 bridgehead atoms. The maximum Gasteiger partial charge on any atom is 0.117 e. The fraction of sp³-hybridized carbons (Fsp3) is 0.789. The third-order valence-electron chi connectivity index (χ3n) is 5.92. The van der Waals surface area contributed by atoms with Gasteiger partial charge < -0.3 is 13.9 Å². The van der Waals surface area contributed by atoms with Gasteiger partial charge in [0.05, 0.1) is 18.4 Å². The van der Waals surface area contributed by atoms with E-state index in [1.807, 2.05) is 6.07 Å². The van der Waals surface area contributed by atoms with E-state index in [2.05, 4.69) is 11.0 Å². The molecule has 0 aromatic carbocycles. The molecule has 1 spiro atoms. The highest BCUT2D eigenvalue weighted by Gasteiger charge is 2.45. The van der Waals surface area contributed by atoms with Crippen LogP contribution < -0.4 is 0 Å². The van der Waals surface area contributed by atoms with Gasteiger partial charge in [-0.15, -0.1) is 0 Å². The first-order valence-electron chi connectivity index (χ1n) is 9.30. The SMILES string of the molecule is c1coc(CN2CCC3(CC2)OCC[C@@H]3CCOCC2CC2)c1. The van der Waals surface area contributed by atoms with E-state index in [1.54, 1.807) is 6.26 Å². The first-order valence-corrected chi connectivity index (χ1v) is 9.30. The second kappa shape index (κ2) is 6.96. The van der Waals surface area contributed by atoms with Crippen molar-refractivity contribution in [2.75, 3.05) is 32.9 Å². The fourth-order valence-corrected chi connectivity index (χ4v) is 4.22. The summed E-state index contributed by atoms with van der Waals surface area (Å²) in [4.78, 5) is 2.49. The Morgan fingerprint density at radius 1 is 1.22 bits per heavy atom. The molecule has 4 rings (SSSR count). The molecule has 3 aliphatic rings. The molecule has 128 valence electrons. The van der Waals surface area contributed by atoms with Gasteiger partial charge in [0.15, 0.2) is 0 Å². The van der Waals surface area contributed by atoms with E-state index in [9.17, 15) is 0 Å². The maximum atomic E-state index is 6.26. The van der Waals surface area contributed by atoms with Crippen LogP contribution in [0.5, 0.6) is 0 Å². The highest BCUT2D eigenvalue weighted by atomic mass is 16.5. The van der Waals surface area contributed by atoms with E-state index in [0.29, 0.717) is 5.92 Å². The number of rotatable bonds is 7. The zero-order valence-electron chi connectivity index (χ0n) is 14.0. The Labute approximate surface area is 139 Å². The summed E-state index contributed by atoms with van der Waals surface area (Å²) in [5.41, 5.74) is 0.128. The van der Waals surface area contributed by atoms with Crippen molar-refractivity contribution >= 4 is 0 Å². The first-order chi connectivity index (χ1) is 11.3. The van der Waals surface area contributed by atoms with Gasteiger partial charge in [-0.3, -0.25) is 4.90 Å². The largest absolute Gasteiger partial charge is 0.468 e. The highest BCUT2D eigenvalue weighted by Crippen LogP contribution is 2.42. The molecule has 1 aromatic rings. The number of hydrogen-bond donors (Lipinski definition) is 0. The van der Waals surface area contributed by atoms with E-state index >= 15 is 0 Å². The Morgan fingerprint density at radius 3 is 2.83 bits per heavy atom. The number of furan rings is 1. The van der Waals surface area contributed by atoms with Gasteiger partial charge in [0.25, 0.3) is 0 Å². The minimum Gasteiger partial charge on any atom is -0.468 e. The summed E-state index contributed by atoms with van der Waals surface area (Å²) in [6.45, 7) is 5.99. The van der Waals surface area contributed by atoms with Crippen LogP contribution in [0.3, 0.4) is 0 Å². The van der Waals surface area contributed by atoms with Gasteiger partial charge in [-0.2, -0.15) is 0 Å². The van der Waals surface area contributed by atoms with Crippen LogP contribution >= 0.6 is 0 Å². The monoisotopic (exact) mass is 319 g/mol. The molecule has 0 radical (unpaired) electrons. The van der Waals surface area contributed by atoms with Gasteiger partial charge in [0, 0.05) is 32.9 Å². The Morgan fingerprint density at radius 2 is 2.09 bits per heavy atom. The third-order valence-corrected chi connectivity index (χ3v) is 5.92. The van der Waals surface area contributed by atoms with Gasteiger partial charge in [-0.1, -0.05) is 0 Å². The van der Waals surface area contributed by atoms with Crippen molar-refractivity contribution in [2.24, 2.45) is 11.8 Å². The fourth-order valence-electron chi connectivity index (χ4n) is 4.22. The number of likely N-dealkylation sites (tertiary alicyclic amines) is 1. The van der Waals surface area contributed by atoms with Crippen LogP contribution in [0.4, 0.5) is 0 Å². The van der Waals surface area contributed by atoms with Crippen molar-refractivity contribution in [3.05, 3.63) is 24.2 Å². The zero-order chi connectivity index (χ0) is 15.5. The van der Waals surface area contributed by atoms with Gasteiger partial charge in [-0.05, 0) is 62.5 Å². The smallest absolute Gasteiger partial charge is 0.117 e. The van der Waals surface area contributed by atoms with Crippen LogP contribution in [0.15, 0.2) is 22.8 Å². The molecular weight excluding hydrogens is 290 g/mol. The Hall–Kier alpha value is -0.840. The van der Waals surface area contributed by atoms with Crippen molar-refractivity contribution in [3.8, 4) is 0 Å². The minimum absolute atomic E-state index is 0.128. The Balaban J connectivity index is 1.24. The van der Waals surface area contributed by atoms with Crippen molar-refractivity contribution in [1.82, 2.24) is 4.90 Å². The predicted octanol–water partition coefficient (Wildman–Crippen LogP) is 3.47. The molecule has 0 amide bonds. The maximum absolute atomic E-state index is 6.26. The van der Waals surface area contributed by atoms with E-state index < -0.39 is 0 Å². The van der Waals surface area contributed by atoms with Gasteiger partial charge >= 0.3 is 0 Å². The summed E-state index contributed by atoms with van der Waals surface area (Å²) in [5, 5.41) is 0. The number of hydrogen-bond acceptors (Lipinski definition) is 4. The van der Waals surface area contributed by atoms with Gasteiger partial charge in [0.1, 0.15) is 5.76 Å². The van der Waals surface area contributed by atoms with Crippen LogP contribution in [0.25, 0.3) is 0 Å². The molecule has 0 N–H and O–H groups in total. The predicted molar refractivity (Wildman–Crippen MR) is 88.2 cm³/mol. The number of nitrogens with zero attached hydrogens (tertiary/aromatic N) is 1. The standard InChI is InChI=1S/C19H29NO3/c1-2-18(22-11-1)14-20-9-7-19(8-10-20)17(6-13-23-19)5-12-21-15-16-3-4-16/h1-2,11,16-17H,3-10,12-15H2/t17-/m0/s1. The van der Waals surface area contributed by atoms with E-state index in [0.717, 1.165) is 64.0 Å². The molecular formula is C19H29NO3. The summed E-state index contributed by atoms with van der Waals surface area (Å²) in [7, 11) is 0. The molecule has 0 unspecified atom stereocenters. The van der Waals surface area contributed by atoms with Crippen molar-refractivity contribution in [1.29, 1.82) is 0 Å². The van der Waals surface area contributed by atoms with Crippen molar-refractivity contribution in [2.45, 2.75) is 50.7 Å². The van der Waals surface area contributed by atoms with Gasteiger partial charge in [-0.25, -0.2) is 0 Å². The second-order valence-corrected chi connectivity index (χ2v) is 7.56. The quantitative estimate of drug-likeness (QED) is 0.721. The summed E-state index contributed by atoms with van der Waals surface area (Å²) >= 11 is 0. The zero-order valence-corrected chi connectivity index (χ0v) is 14.0. The van der Waals surface area contributed by atoms with Crippen LogP contribution in [0.2, 0.25) is 0 Å². The lowest BCUT2D eigenvalue weighted by Gasteiger charge is -2.42. The number of piperidine rings is 1. The van der Waals surface area contributed by atoms with E-state index in [1.165, 1.54) is 25.7 Å². The van der Waals surface area contributed by atoms with E-state index in [-0.39, 0.29) is 5.60 Å². The summed E-state index contributed by atoms with van der Waals surface area (Å²) in [6.07, 6.45) is 9.21. The second-order valence-electron chi connectivity index (χ2n) is 7.56. The lowest BCUT2D eigenvalue weighted by atomic mass is 9.78. The lowest BCUT2D eigenvalue weighted by molar-refractivity contribution is -0.0738. The van der Waals surface area contributed by atoms with Gasteiger partial charge in [0.2, 0.25) is 0 Å². The average Bonchev–Trinajstić information content (AvgIpc) is 3.10. The Kier molecular flexibility index (Phi) is 4.74.